The molecule has 230 valence electrons. The first-order valence-electron chi connectivity index (χ1n) is 16.8. The van der Waals surface area contributed by atoms with E-state index in [-0.39, 0.29) is 0 Å². The van der Waals surface area contributed by atoms with E-state index < -0.39 is 0 Å². The standard InChI is InChI=1S/C45H29N3O/c1-4-13-30(14-5-1)33-19-10-20-34(27-33)35-21-11-22-36(28-35)37-25-26-40-39(29-37)42-38(23-12-24-41(42)49-40)45-47-43(31-15-6-2-7-16-31)46-44(48-45)32-17-8-3-9-18-32/h1-29H/i26D. The minimum Gasteiger partial charge on any atom is -0.456 e. The number of hydrogen-bond donors (Lipinski definition) is 0. The third-order valence-electron chi connectivity index (χ3n) is 8.85. The van der Waals surface area contributed by atoms with E-state index in [0.717, 1.165) is 49.7 Å². The smallest absolute Gasteiger partial charge is 0.164 e. The summed E-state index contributed by atoms with van der Waals surface area (Å²) in [4.78, 5) is 14.9. The molecule has 0 aliphatic heterocycles. The maximum absolute atomic E-state index is 9.06. The maximum atomic E-state index is 9.06. The van der Waals surface area contributed by atoms with Gasteiger partial charge in [-0.05, 0) is 63.7 Å². The van der Waals surface area contributed by atoms with Crippen LogP contribution in [0.2, 0.25) is 0 Å². The first-order chi connectivity index (χ1) is 24.7. The Labute approximate surface area is 285 Å². The van der Waals surface area contributed by atoms with Crippen LogP contribution in [-0.2, 0) is 0 Å². The second-order valence-electron chi connectivity index (χ2n) is 12.0. The van der Waals surface area contributed by atoms with Gasteiger partial charge < -0.3 is 4.42 Å². The topological polar surface area (TPSA) is 51.8 Å². The SMILES string of the molecule is [2H]c1cc(-c2cccc(-c3cccc(-c4ccccc4)c3)c2)cc2c1oc1cccc(-c3nc(-c4ccccc4)nc(-c4ccccc4)n3)c12. The zero-order valence-corrected chi connectivity index (χ0v) is 26.4. The third kappa shape index (κ3) is 5.45. The minimum atomic E-state index is 0.321. The molecule has 0 spiro atoms. The molecule has 0 unspecified atom stereocenters. The number of rotatable bonds is 6. The number of nitrogens with zero attached hydrogens (tertiary/aromatic N) is 3. The predicted molar refractivity (Wildman–Crippen MR) is 200 cm³/mol. The van der Waals surface area contributed by atoms with E-state index in [4.69, 9.17) is 20.7 Å². The van der Waals surface area contributed by atoms with Crippen LogP contribution in [0.4, 0.5) is 0 Å². The molecule has 2 aromatic heterocycles. The molecule has 4 heteroatoms. The molecule has 0 saturated carbocycles. The number of hydrogen-bond acceptors (Lipinski definition) is 4. The van der Waals surface area contributed by atoms with Crippen LogP contribution >= 0.6 is 0 Å². The summed E-state index contributed by atoms with van der Waals surface area (Å²) in [6.45, 7) is 0. The first kappa shape index (κ1) is 27.5. The molecule has 0 amide bonds. The summed E-state index contributed by atoms with van der Waals surface area (Å²) >= 11 is 0. The number of benzene rings is 7. The molecule has 0 aliphatic rings. The Morgan fingerprint density at radius 3 is 1.39 bits per heavy atom. The molecule has 0 aliphatic carbocycles. The molecule has 4 nitrogen and oxygen atoms in total. The highest BCUT2D eigenvalue weighted by molar-refractivity contribution is 6.12. The number of aromatic nitrogens is 3. The van der Waals surface area contributed by atoms with Gasteiger partial charge in [-0.1, -0.05) is 146 Å². The highest BCUT2D eigenvalue weighted by atomic mass is 16.3. The lowest BCUT2D eigenvalue weighted by Gasteiger charge is -2.10. The van der Waals surface area contributed by atoms with Gasteiger partial charge in [0.25, 0.3) is 0 Å². The van der Waals surface area contributed by atoms with Crippen LogP contribution in [0.3, 0.4) is 0 Å². The van der Waals surface area contributed by atoms with Gasteiger partial charge in [-0.2, -0.15) is 0 Å². The van der Waals surface area contributed by atoms with Crippen molar-refractivity contribution < 1.29 is 5.79 Å². The van der Waals surface area contributed by atoms with Gasteiger partial charge in [0.2, 0.25) is 0 Å². The van der Waals surface area contributed by atoms with Crippen molar-refractivity contribution in [2.24, 2.45) is 0 Å². The predicted octanol–water partition coefficient (Wildman–Crippen LogP) is 11.8. The van der Waals surface area contributed by atoms with E-state index in [9.17, 15) is 0 Å². The van der Waals surface area contributed by atoms with Gasteiger partial charge in [0, 0.05) is 27.5 Å². The van der Waals surface area contributed by atoms with E-state index >= 15 is 0 Å². The van der Waals surface area contributed by atoms with Crippen LogP contribution in [0, 0.1) is 0 Å². The molecule has 0 saturated heterocycles. The average molecular weight is 629 g/mol. The van der Waals surface area contributed by atoms with Crippen molar-refractivity contribution in [3.8, 4) is 67.5 Å². The van der Waals surface area contributed by atoms with Crippen LogP contribution in [0.5, 0.6) is 0 Å². The van der Waals surface area contributed by atoms with Crippen molar-refractivity contribution in [2.75, 3.05) is 0 Å². The van der Waals surface area contributed by atoms with Crippen molar-refractivity contribution in [2.45, 2.75) is 0 Å². The van der Waals surface area contributed by atoms with E-state index in [1.54, 1.807) is 0 Å². The van der Waals surface area contributed by atoms with Gasteiger partial charge >= 0.3 is 0 Å². The zero-order valence-electron chi connectivity index (χ0n) is 27.4. The fourth-order valence-corrected chi connectivity index (χ4v) is 6.43. The van der Waals surface area contributed by atoms with Crippen molar-refractivity contribution in [3.63, 3.8) is 0 Å². The summed E-state index contributed by atoms with van der Waals surface area (Å²) in [7, 11) is 0. The van der Waals surface area contributed by atoms with Gasteiger partial charge in [0.05, 0.1) is 1.37 Å². The Balaban J connectivity index is 1.19. The highest BCUT2D eigenvalue weighted by Gasteiger charge is 2.18. The maximum Gasteiger partial charge on any atom is 0.164 e. The fourth-order valence-electron chi connectivity index (χ4n) is 6.43. The van der Waals surface area contributed by atoms with Crippen LogP contribution in [0.15, 0.2) is 180 Å². The zero-order chi connectivity index (χ0) is 33.4. The van der Waals surface area contributed by atoms with Gasteiger partial charge in [-0.15, -0.1) is 0 Å². The van der Waals surface area contributed by atoms with E-state index in [1.807, 2.05) is 91.0 Å². The van der Waals surface area contributed by atoms with Crippen LogP contribution in [0.25, 0.3) is 89.5 Å². The first-order valence-corrected chi connectivity index (χ1v) is 16.3. The molecule has 49 heavy (non-hydrogen) atoms. The largest absolute Gasteiger partial charge is 0.456 e. The molecule has 9 rings (SSSR count). The lowest BCUT2D eigenvalue weighted by molar-refractivity contribution is 0.669. The Morgan fingerprint density at radius 1 is 0.367 bits per heavy atom. The quantitative estimate of drug-likeness (QED) is 0.184. The Morgan fingerprint density at radius 2 is 0.816 bits per heavy atom. The number of furan rings is 1. The monoisotopic (exact) mass is 628 g/mol. The summed E-state index contributed by atoms with van der Waals surface area (Å²) in [5.41, 5.74) is 10.4. The summed E-state index contributed by atoms with van der Waals surface area (Å²) in [5, 5.41) is 1.71. The summed E-state index contributed by atoms with van der Waals surface area (Å²) < 4.78 is 15.4. The molecule has 0 atom stereocenters. The molecule has 9 aromatic rings. The fraction of sp³-hybridized carbons (Fsp3) is 0. The van der Waals surface area contributed by atoms with Crippen molar-refractivity contribution in [1.29, 1.82) is 0 Å². The summed E-state index contributed by atoms with van der Waals surface area (Å²) in [5.74, 6) is 1.73. The normalized spacial score (nSPS) is 11.6. The molecular weight excluding hydrogens is 599 g/mol. The van der Waals surface area contributed by atoms with Crippen LogP contribution in [-0.4, -0.2) is 15.0 Å². The van der Waals surface area contributed by atoms with Crippen molar-refractivity contribution in [1.82, 2.24) is 15.0 Å². The lowest BCUT2D eigenvalue weighted by atomic mass is 9.95. The molecule has 0 N–H and O–H groups in total. The molecule has 2 heterocycles. The highest BCUT2D eigenvalue weighted by Crippen LogP contribution is 2.39. The Kier molecular flexibility index (Phi) is 6.83. The van der Waals surface area contributed by atoms with Gasteiger partial charge in [0.15, 0.2) is 17.5 Å². The second kappa shape index (κ2) is 12.2. The van der Waals surface area contributed by atoms with Crippen molar-refractivity contribution in [3.05, 3.63) is 176 Å². The third-order valence-corrected chi connectivity index (χ3v) is 8.85. The Bertz CT molecular complexity index is 2600. The Hall–Kier alpha value is -6.65. The van der Waals surface area contributed by atoms with Gasteiger partial charge in [-0.3, -0.25) is 0 Å². The van der Waals surface area contributed by atoms with Gasteiger partial charge in [0.1, 0.15) is 11.2 Å². The average Bonchev–Trinajstić information content (AvgIpc) is 3.58. The summed E-state index contributed by atoms with van der Waals surface area (Å²) in [6, 6.07) is 57.7. The van der Waals surface area contributed by atoms with E-state index in [2.05, 4.69) is 78.9 Å². The van der Waals surface area contributed by atoms with Crippen molar-refractivity contribution >= 4 is 21.9 Å². The van der Waals surface area contributed by atoms with Crippen LogP contribution in [0.1, 0.15) is 1.37 Å². The molecule has 0 radical (unpaired) electrons. The molecule has 0 bridgehead atoms. The van der Waals surface area contributed by atoms with Gasteiger partial charge in [-0.25, -0.2) is 15.0 Å². The molecule has 7 aromatic carbocycles. The lowest BCUT2D eigenvalue weighted by Crippen LogP contribution is -2.00. The molecule has 0 fully saturated rings. The minimum absolute atomic E-state index is 0.321. The van der Waals surface area contributed by atoms with Crippen LogP contribution < -0.4 is 0 Å². The summed E-state index contributed by atoms with van der Waals surface area (Å²) in [6.07, 6.45) is 0. The second-order valence-corrected chi connectivity index (χ2v) is 12.0. The number of fused-ring (bicyclic) bond motifs is 3. The molecular formula is C45H29N3O. The van der Waals surface area contributed by atoms with E-state index in [0.29, 0.717) is 34.7 Å². The van der Waals surface area contributed by atoms with E-state index in [1.165, 1.54) is 11.1 Å².